The van der Waals surface area contributed by atoms with E-state index >= 15 is 0 Å². The summed E-state index contributed by atoms with van der Waals surface area (Å²) < 4.78 is 5.20. The second-order valence-electron chi connectivity index (χ2n) is 7.64. The topological polar surface area (TPSA) is 91.9 Å². The lowest BCUT2D eigenvalue weighted by Gasteiger charge is -2.31. The van der Waals surface area contributed by atoms with Crippen LogP contribution in [-0.2, 0) is 11.3 Å². The minimum absolute atomic E-state index is 0.323. The van der Waals surface area contributed by atoms with Crippen molar-refractivity contribution in [2.75, 3.05) is 30.4 Å². The van der Waals surface area contributed by atoms with Gasteiger partial charge < -0.3 is 20.1 Å². The predicted octanol–water partition coefficient (Wildman–Crippen LogP) is 4.76. The lowest BCUT2D eigenvalue weighted by atomic mass is 9.97. The Balaban J connectivity index is 1.62. The standard InChI is InChI=1S/C23H22ClN5O3/c1-25-16-4-5-17-18(12-16)21(26-13-14-3-6-20(32-2)19(24)11-14)27-28-22(17)29-9-7-15(8-10-29)23(30)31/h3-6,11-12,15H,7-10,13H2,2H3,(H,26,27)(H,30,31). The number of carboxylic acids is 1. The molecule has 0 unspecified atom stereocenters. The van der Waals surface area contributed by atoms with Crippen molar-refractivity contribution < 1.29 is 14.6 Å². The Morgan fingerprint density at radius 1 is 1.25 bits per heavy atom. The van der Waals surface area contributed by atoms with Gasteiger partial charge in [0, 0.05) is 30.4 Å². The van der Waals surface area contributed by atoms with Gasteiger partial charge in [0.1, 0.15) is 5.75 Å². The van der Waals surface area contributed by atoms with Gasteiger partial charge in [-0.15, -0.1) is 10.2 Å². The molecular formula is C23H22ClN5O3. The minimum Gasteiger partial charge on any atom is -0.495 e. The number of benzene rings is 2. The highest BCUT2D eigenvalue weighted by molar-refractivity contribution is 6.32. The summed E-state index contributed by atoms with van der Waals surface area (Å²) >= 11 is 6.23. The van der Waals surface area contributed by atoms with Crippen molar-refractivity contribution in [3.8, 4) is 5.75 Å². The van der Waals surface area contributed by atoms with Gasteiger partial charge in [0.15, 0.2) is 17.3 Å². The number of carbonyl (C=O) groups is 1. The van der Waals surface area contributed by atoms with Crippen LogP contribution in [0, 0.1) is 12.5 Å². The van der Waals surface area contributed by atoms with Crippen LogP contribution in [0.15, 0.2) is 36.4 Å². The fraction of sp³-hybridized carbons (Fsp3) is 0.304. The van der Waals surface area contributed by atoms with E-state index in [2.05, 4.69) is 25.3 Å². The van der Waals surface area contributed by atoms with Crippen molar-refractivity contribution in [2.45, 2.75) is 19.4 Å². The number of hydrogen-bond donors (Lipinski definition) is 2. The van der Waals surface area contributed by atoms with E-state index < -0.39 is 5.97 Å². The van der Waals surface area contributed by atoms with E-state index in [-0.39, 0.29) is 5.92 Å². The van der Waals surface area contributed by atoms with E-state index in [4.69, 9.17) is 22.9 Å². The van der Waals surface area contributed by atoms with E-state index in [1.54, 1.807) is 19.2 Å². The van der Waals surface area contributed by atoms with Gasteiger partial charge in [0.25, 0.3) is 0 Å². The third-order valence-electron chi connectivity index (χ3n) is 5.69. The number of piperidine rings is 1. The monoisotopic (exact) mass is 451 g/mol. The van der Waals surface area contributed by atoms with Crippen LogP contribution in [0.25, 0.3) is 15.6 Å². The Labute approximate surface area is 190 Å². The number of aromatic nitrogens is 2. The molecule has 1 aromatic heterocycles. The minimum atomic E-state index is -0.750. The smallest absolute Gasteiger partial charge is 0.306 e. The van der Waals surface area contributed by atoms with Crippen molar-refractivity contribution in [2.24, 2.45) is 5.92 Å². The zero-order chi connectivity index (χ0) is 22.7. The number of nitrogens with zero attached hydrogens (tertiary/aromatic N) is 4. The van der Waals surface area contributed by atoms with Crippen LogP contribution in [0.4, 0.5) is 17.3 Å². The Hall–Kier alpha value is -3.57. The van der Waals surface area contributed by atoms with Crippen LogP contribution < -0.4 is 15.0 Å². The summed E-state index contributed by atoms with van der Waals surface area (Å²) in [7, 11) is 1.57. The number of fused-ring (bicyclic) bond motifs is 1. The maximum Gasteiger partial charge on any atom is 0.306 e. The van der Waals surface area contributed by atoms with Gasteiger partial charge in [-0.05, 0) is 36.6 Å². The molecular weight excluding hydrogens is 430 g/mol. The van der Waals surface area contributed by atoms with Crippen LogP contribution in [0.2, 0.25) is 5.02 Å². The van der Waals surface area contributed by atoms with Gasteiger partial charge in [-0.3, -0.25) is 4.79 Å². The van der Waals surface area contributed by atoms with E-state index in [1.165, 1.54) is 0 Å². The highest BCUT2D eigenvalue weighted by Gasteiger charge is 2.26. The van der Waals surface area contributed by atoms with Gasteiger partial charge in [-0.1, -0.05) is 29.8 Å². The maximum absolute atomic E-state index is 11.3. The molecule has 0 spiro atoms. The second-order valence-corrected chi connectivity index (χ2v) is 8.04. The molecule has 32 heavy (non-hydrogen) atoms. The zero-order valence-electron chi connectivity index (χ0n) is 17.5. The lowest BCUT2D eigenvalue weighted by Crippen LogP contribution is -2.37. The van der Waals surface area contributed by atoms with E-state index in [0.29, 0.717) is 60.6 Å². The molecule has 0 aliphatic carbocycles. The molecule has 2 aromatic carbocycles. The van der Waals surface area contributed by atoms with Crippen molar-refractivity contribution in [3.05, 3.63) is 58.4 Å². The SMILES string of the molecule is [C-]#[N+]c1ccc2c(N3CCC(C(=O)O)CC3)nnc(NCc3ccc(OC)c(Cl)c3)c2c1. The third kappa shape index (κ3) is 4.39. The quantitative estimate of drug-likeness (QED) is 0.522. The highest BCUT2D eigenvalue weighted by Crippen LogP contribution is 2.34. The van der Waals surface area contributed by atoms with E-state index in [0.717, 1.165) is 16.3 Å². The van der Waals surface area contributed by atoms with Crippen molar-refractivity contribution in [3.63, 3.8) is 0 Å². The number of rotatable bonds is 6. The average molecular weight is 452 g/mol. The molecule has 1 saturated heterocycles. The molecule has 0 bridgehead atoms. The predicted molar refractivity (Wildman–Crippen MR) is 124 cm³/mol. The fourth-order valence-corrected chi connectivity index (χ4v) is 4.19. The molecule has 164 valence electrons. The summed E-state index contributed by atoms with van der Waals surface area (Å²) in [5, 5.41) is 23.6. The molecule has 1 fully saturated rings. The van der Waals surface area contributed by atoms with Crippen LogP contribution in [0.3, 0.4) is 0 Å². The van der Waals surface area contributed by atoms with Gasteiger partial charge in [0.2, 0.25) is 0 Å². The molecule has 4 rings (SSSR count). The van der Waals surface area contributed by atoms with E-state index in [1.807, 2.05) is 24.3 Å². The number of halogens is 1. The molecule has 2 N–H and O–H groups in total. The Kier molecular flexibility index (Phi) is 6.28. The molecule has 0 radical (unpaired) electrons. The Bertz CT molecular complexity index is 1200. The summed E-state index contributed by atoms with van der Waals surface area (Å²) in [5.74, 6) is 0.815. The molecule has 8 nitrogen and oxygen atoms in total. The largest absolute Gasteiger partial charge is 0.495 e. The van der Waals surface area contributed by atoms with Crippen molar-refractivity contribution in [1.82, 2.24) is 10.2 Å². The molecule has 1 aliphatic heterocycles. The number of carboxylic acid groups (broad SMARTS) is 1. The second kappa shape index (κ2) is 9.28. The summed E-state index contributed by atoms with van der Waals surface area (Å²) in [5.41, 5.74) is 1.46. The van der Waals surface area contributed by atoms with Gasteiger partial charge >= 0.3 is 5.97 Å². The molecule has 0 saturated carbocycles. The molecule has 9 heteroatoms. The molecule has 2 heterocycles. The number of methoxy groups -OCH3 is 1. The number of anilines is 2. The highest BCUT2D eigenvalue weighted by atomic mass is 35.5. The first kappa shape index (κ1) is 21.7. The van der Waals surface area contributed by atoms with Gasteiger partial charge in [-0.2, -0.15) is 0 Å². The Morgan fingerprint density at radius 2 is 2.03 bits per heavy atom. The maximum atomic E-state index is 11.3. The number of hydrogen-bond acceptors (Lipinski definition) is 6. The molecule has 3 aromatic rings. The summed E-state index contributed by atoms with van der Waals surface area (Å²) in [6.07, 6.45) is 1.13. The van der Waals surface area contributed by atoms with Gasteiger partial charge in [-0.25, -0.2) is 4.85 Å². The first-order valence-electron chi connectivity index (χ1n) is 10.2. The van der Waals surface area contributed by atoms with Gasteiger partial charge in [0.05, 0.1) is 24.6 Å². The van der Waals surface area contributed by atoms with E-state index in [9.17, 15) is 9.90 Å². The van der Waals surface area contributed by atoms with Crippen LogP contribution in [0.1, 0.15) is 18.4 Å². The van der Waals surface area contributed by atoms with Crippen LogP contribution in [0.5, 0.6) is 5.75 Å². The first-order chi connectivity index (χ1) is 15.5. The summed E-state index contributed by atoms with van der Waals surface area (Å²) in [4.78, 5) is 16.9. The number of nitrogens with one attached hydrogen (secondary N) is 1. The van der Waals surface area contributed by atoms with Crippen molar-refractivity contribution >= 4 is 45.7 Å². The number of aliphatic carboxylic acids is 1. The zero-order valence-corrected chi connectivity index (χ0v) is 18.3. The van der Waals surface area contributed by atoms with Crippen LogP contribution in [-0.4, -0.2) is 41.5 Å². The summed E-state index contributed by atoms with van der Waals surface area (Å²) in [6.45, 7) is 9.05. The molecule has 0 atom stereocenters. The van der Waals surface area contributed by atoms with Crippen LogP contribution >= 0.6 is 11.6 Å². The fourth-order valence-electron chi connectivity index (χ4n) is 3.91. The molecule has 1 aliphatic rings. The lowest BCUT2D eigenvalue weighted by molar-refractivity contribution is -0.142. The third-order valence-corrected chi connectivity index (χ3v) is 5.99. The first-order valence-corrected chi connectivity index (χ1v) is 10.6. The number of ether oxygens (including phenoxy) is 1. The van der Waals surface area contributed by atoms with Crippen molar-refractivity contribution in [1.29, 1.82) is 0 Å². The normalized spacial score (nSPS) is 14.2. The Morgan fingerprint density at radius 3 is 2.69 bits per heavy atom. The summed E-state index contributed by atoms with van der Waals surface area (Å²) in [6, 6.07) is 11.0. The molecule has 0 amide bonds. The average Bonchev–Trinajstić information content (AvgIpc) is 2.82.